The lowest BCUT2D eigenvalue weighted by Crippen LogP contribution is -2.39. The summed E-state index contributed by atoms with van der Waals surface area (Å²) in [5.41, 5.74) is -0.438. The molecular weight excluding hydrogens is 220 g/mol. The van der Waals surface area contributed by atoms with Crippen molar-refractivity contribution in [2.45, 2.75) is 38.8 Å². The Labute approximate surface area is 103 Å². The van der Waals surface area contributed by atoms with Crippen molar-refractivity contribution in [2.24, 2.45) is 0 Å². The molecule has 1 aliphatic heterocycles. The van der Waals surface area contributed by atoms with E-state index in [1.165, 1.54) is 0 Å². The van der Waals surface area contributed by atoms with E-state index < -0.39 is 5.60 Å². The lowest BCUT2D eigenvalue weighted by Gasteiger charge is -2.26. The van der Waals surface area contributed by atoms with Gasteiger partial charge < -0.3 is 14.7 Å². The Morgan fingerprint density at radius 1 is 1.53 bits per heavy atom. The molecular formula is C12H24N2O3. The predicted octanol–water partition coefficient (Wildman–Crippen LogP) is 0.920. The van der Waals surface area contributed by atoms with Crippen molar-refractivity contribution in [3.05, 3.63) is 0 Å². The number of nitrogens with zero attached hydrogens (tertiary/aromatic N) is 2. The second-order valence-electron chi connectivity index (χ2n) is 5.57. The van der Waals surface area contributed by atoms with Gasteiger partial charge in [0, 0.05) is 25.7 Å². The van der Waals surface area contributed by atoms with E-state index in [4.69, 9.17) is 9.84 Å². The van der Waals surface area contributed by atoms with Crippen molar-refractivity contribution < 1.29 is 14.6 Å². The van der Waals surface area contributed by atoms with Crippen molar-refractivity contribution in [1.29, 1.82) is 0 Å². The second kappa shape index (κ2) is 5.69. The van der Waals surface area contributed by atoms with Crippen LogP contribution in [0.15, 0.2) is 0 Å². The molecule has 5 nitrogen and oxygen atoms in total. The maximum Gasteiger partial charge on any atom is 0.410 e. The van der Waals surface area contributed by atoms with Crippen LogP contribution in [-0.2, 0) is 4.74 Å². The average molecular weight is 244 g/mol. The van der Waals surface area contributed by atoms with Gasteiger partial charge in [0.05, 0.1) is 6.61 Å². The first kappa shape index (κ1) is 14.3. The van der Waals surface area contributed by atoms with E-state index in [2.05, 4.69) is 4.90 Å². The van der Waals surface area contributed by atoms with E-state index in [1.54, 1.807) is 4.90 Å². The average Bonchev–Trinajstić information content (AvgIpc) is 2.63. The van der Waals surface area contributed by atoms with Crippen LogP contribution < -0.4 is 0 Å². The van der Waals surface area contributed by atoms with Crippen molar-refractivity contribution in [3.63, 3.8) is 0 Å². The van der Waals surface area contributed by atoms with E-state index in [0.29, 0.717) is 19.1 Å². The predicted molar refractivity (Wildman–Crippen MR) is 65.9 cm³/mol. The molecule has 100 valence electrons. The Hall–Kier alpha value is -0.810. The minimum atomic E-state index is -0.438. The lowest BCUT2D eigenvalue weighted by atomic mass is 10.2. The molecule has 17 heavy (non-hydrogen) atoms. The van der Waals surface area contributed by atoms with Gasteiger partial charge in [0.2, 0.25) is 0 Å². The van der Waals surface area contributed by atoms with Crippen molar-refractivity contribution in [1.82, 2.24) is 9.80 Å². The number of carbonyl (C=O) groups excluding carboxylic acids is 1. The topological polar surface area (TPSA) is 53.0 Å². The molecule has 0 aromatic heterocycles. The largest absolute Gasteiger partial charge is 0.444 e. The molecule has 1 saturated heterocycles. The molecule has 1 fully saturated rings. The Kier molecular flexibility index (Phi) is 4.77. The van der Waals surface area contributed by atoms with Gasteiger partial charge in [-0.2, -0.15) is 0 Å². The number of likely N-dealkylation sites (tertiary alicyclic amines) is 1. The summed E-state index contributed by atoms with van der Waals surface area (Å²) in [6, 6.07) is 0.328. The number of hydrogen-bond acceptors (Lipinski definition) is 4. The molecule has 1 unspecified atom stereocenters. The molecule has 1 atom stereocenters. The highest BCUT2D eigenvalue weighted by Crippen LogP contribution is 2.17. The van der Waals surface area contributed by atoms with Gasteiger partial charge >= 0.3 is 6.09 Å². The highest BCUT2D eigenvalue weighted by molar-refractivity contribution is 5.68. The van der Waals surface area contributed by atoms with Crippen molar-refractivity contribution >= 4 is 6.09 Å². The summed E-state index contributed by atoms with van der Waals surface area (Å²) in [6.07, 6.45) is 0.702. The standard InChI is InChI=1S/C12H24N2O3/c1-12(2,3)17-11(16)14-6-5-10(9-14)13(4)7-8-15/h10,15H,5-9H2,1-4H3. The summed E-state index contributed by atoms with van der Waals surface area (Å²) in [5.74, 6) is 0. The van der Waals surface area contributed by atoms with Gasteiger partial charge in [0.1, 0.15) is 5.60 Å². The van der Waals surface area contributed by atoms with Crippen LogP contribution in [0.3, 0.4) is 0 Å². The zero-order valence-corrected chi connectivity index (χ0v) is 11.3. The van der Waals surface area contributed by atoms with E-state index in [9.17, 15) is 4.79 Å². The van der Waals surface area contributed by atoms with Gasteiger partial charge in [0.15, 0.2) is 0 Å². The van der Waals surface area contributed by atoms with Gasteiger partial charge in [-0.3, -0.25) is 4.90 Å². The van der Waals surface area contributed by atoms with Crippen LogP contribution in [0, 0.1) is 0 Å². The molecule has 1 heterocycles. The molecule has 1 amide bonds. The molecule has 0 aromatic carbocycles. The molecule has 0 aromatic rings. The van der Waals surface area contributed by atoms with Crippen molar-refractivity contribution in [3.8, 4) is 0 Å². The van der Waals surface area contributed by atoms with Gasteiger partial charge in [-0.25, -0.2) is 4.79 Å². The van der Waals surface area contributed by atoms with Crippen LogP contribution in [0.5, 0.6) is 0 Å². The van der Waals surface area contributed by atoms with Gasteiger partial charge in [-0.15, -0.1) is 0 Å². The summed E-state index contributed by atoms with van der Waals surface area (Å²) in [7, 11) is 1.97. The molecule has 0 radical (unpaired) electrons. The quantitative estimate of drug-likeness (QED) is 0.802. The number of amides is 1. The number of aliphatic hydroxyl groups excluding tert-OH is 1. The third-order valence-corrected chi connectivity index (χ3v) is 2.89. The van der Waals surface area contributed by atoms with E-state index >= 15 is 0 Å². The summed E-state index contributed by atoms with van der Waals surface area (Å²) in [5, 5.41) is 8.88. The lowest BCUT2D eigenvalue weighted by molar-refractivity contribution is 0.0281. The van der Waals surface area contributed by atoms with Crippen LogP contribution in [0.2, 0.25) is 0 Å². The summed E-state index contributed by atoms with van der Waals surface area (Å²) in [4.78, 5) is 15.7. The van der Waals surface area contributed by atoms with Gasteiger partial charge in [-0.05, 0) is 34.2 Å². The first-order chi connectivity index (χ1) is 7.83. The van der Waals surface area contributed by atoms with E-state index in [0.717, 1.165) is 13.0 Å². The smallest absolute Gasteiger partial charge is 0.410 e. The maximum atomic E-state index is 11.8. The maximum absolute atomic E-state index is 11.8. The molecule has 1 rings (SSSR count). The highest BCUT2D eigenvalue weighted by Gasteiger charge is 2.31. The summed E-state index contributed by atoms with van der Waals surface area (Å²) in [6.45, 7) is 7.83. The normalized spacial score (nSPS) is 21.1. The first-order valence-corrected chi connectivity index (χ1v) is 6.12. The minimum absolute atomic E-state index is 0.152. The first-order valence-electron chi connectivity index (χ1n) is 6.12. The SMILES string of the molecule is CN(CCO)C1CCN(C(=O)OC(C)(C)C)C1. The van der Waals surface area contributed by atoms with Crippen LogP contribution in [-0.4, -0.2) is 65.9 Å². The van der Waals surface area contributed by atoms with Crippen molar-refractivity contribution in [2.75, 3.05) is 33.3 Å². The Balaban J connectivity index is 2.42. The molecule has 0 bridgehead atoms. The zero-order chi connectivity index (χ0) is 13.1. The van der Waals surface area contributed by atoms with E-state index in [-0.39, 0.29) is 12.7 Å². The molecule has 0 aliphatic carbocycles. The van der Waals surface area contributed by atoms with Gasteiger partial charge in [0.25, 0.3) is 0 Å². The summed E-state index contributed by atoms with van der Waals surface area (Å²) >= 11 is 0. The van der Waals surface area contributed by atoms with Crippen LogP contribution in [0.1, 0.15) is 27.2 Å². The zero-order valence-electron chi connectivity index (χ0n) is 11.3. The van der Waals surface area contributed by atoms with Crippen LogP contribution in [0.25, 0.3) is 0 Å². The monoisotopic (exact) mass is 244 g/mol. The van der Waals surface area contributed by atoms with Crippen LogP contribution in [0.4, 0.5) is 4.79 Å². The summed E-state index contributed by atoms with van der Waals surface area (Å²) < 4.78 is 5.33. The number of ether oxygens (including phenoxy) is 1. The third-order valence-electron chi connectivity index (χ3n) is 2.89. The molecule has 1 N–H and O–H groups in total. The second-order valence-corrected chi connectivity index (χ2v) is 5.57. The minimum Gasteiger partial charge on any atom is -0.444 e. The molecule has 1 aliphatic rings. The fourth-order valence-electron chi connectivity index (χ4n) is 1.93. The number of carbonyl (C=O) groups is 1. The fraction of sp³-hybridized carbons (Fsp3) is 0.917. The molecule has 0 saturated carbocycles. The third kappa shape index (κ3) is 4.52. The fourth-order valence-corrected chi connectivity index (χ4v) is 1.93. The Morgan fingerprint density at radius 3 is 2.71 bits per heavy atom. The number of likely N-dealkylation sites (N-methyl/N-ethyl adjacent to an activating group) is 1. The number of rotatable bonds is 3. The van der Waals surface area contributed by atoms with E-state index in [1.807, 2.05) is 27.8 Å². The Morgan fingerprint density at radius 2 is 2.18 bits per heavy atom. The van der Waals surface area contributed by atoms with Crippen LogP contribution >= 0.6 is 0 Å². The molecule has 5 heteroatoms. The highest BCUT2D eigenvalue weighted by atomic mass is 16.6. The number of hydrogen-bond donors (Lipinski definition) is 1. The molecule has 0 spiro atoms. The Bertz CT molecular complexity index is 263. The van der Waals surface area contributed by atoms with Gasteiger partial charge in [-0.1, -0.05) is 0 Å². The number of aliphatic hydroxyl groups is 1.